The fourth-order valence-electron chi connectivity index (χ4n) is 12.4. The lowest BCUT2D eigenvalue weighted by molar-refractivity contribution is 1.13. The molecule has 5 aromatic heterocycles. The molecule has 16 rings (SSSR count). The van der Waals surface area contributed by atoms with Gasteiger partial charge in [-0.25, -0.2) is 4.98 Å². The Hall–Kier alpha value is -10.5. The van der Waals surface area contributed by atoms with Crippen molar-refractivity contribution in [3.8, 4) is 56.4 Å². The molecule has 5 nitrogen and oxygen atoms in total. The lowest BCUT2D eigenvalue weighted by atomic mass is 9.99. The molecule has 0 bridgehead atoms. The standard InChI is InChI=1S/C71H45N5.C3H6.2C2H6/c1-2-20-46(21-3-1)47-42-62(48-38-50(73-64-30-12-4-22-54(64)55-23-5-13-31-65(55)73)44-51(39-48)74-66-32-14-6-24-56(66)57-25-7-15-33-67(57)74)72-63(43-47)49-40-52(75-68-34-16-8-26-58(68)59-27-9-17-35-69(59)75)45-53(41-49)76-70-36-18-10-28-60(70)61-29-11-19-37-71(61)76;1-3-2;2*1-2/h1-45H;3H,1H2,2H3;2*1-2H3. The minimum atomic E-state index is 0.877. The third-order valence-electron chi connectivity index (χ3n) is 15.7. The summed E-state index contributed by atoms with van der Waals surface area (Å²) in [5.41, 5.74) is 19.4. The molecule has 0 fully saturated rings. The normalized spacial score (nSPS) is 11.2. The second-order valence-corrected chi connectivity index (χ2v) is 20.4. The highest BCUT2D eigenvalue weighted by Gasteiger charge is 2.22. The fourth-order valence-corrected chi connectivity index (χ4v) is 12.4. The smallest absolute Gasteiger partial charge is 0.0717 e. The van der Waals surface area contributed by atoms with E-state index < -0.39 is 0 Å². The molecule has 5 heterocycles. The van der Waals surface area contributed by atoms with Gasteiger partial charge in [0.2, 0.25) is 0 Å². The number of hydrogen-bond donors (Lipinski definition) is 0. The molecule has 0 saturated carbocycles. The molecule has 0 amide bonds. The molecule has 0 aliphatic carbocycles. The molecule has 0 saturated heterocycles. The van der Waals surface area contributed by atoms with Crippen molar-refractivity contribution in [2.45, 2.75) is 34.6 Å². The van der Waals surface area contributed by atoms with Crippen molar-refractivity contribution in [1.29, 1.82) is 0 Å². The van der Waals surface area contributed by atoms with Gasteiger partial charge in [0, 0.05) is 77.0 Å². The van der Waals surface area contributed by atoms with Crippen molar-refractivity contribution in [2.75, 3.05) is 0 Å². The van der Waals surface area contributed by atoms with Crippen LogP contribution in [0.2, 0.25) is 0 Å². The SMILES string of the molecule is C=CC.CC.CC.c1ccc(-c2cc(-c3cc(-n4c5ccccc5c5ccccc54)cc(-n4c5ccccc5c5ccccc54)c3)nc(-c3cc(-n4c5ccccc5c5ccccc54)cc(-n4c5ccccc5c5ccccc54)c3)c2)cc1. The van der Waals surface area contributed by atoms with Gasteiger partial charge in [-0.05, 0) is 115 Å². The molecular formula is C78H63N5. The highest BCUT2D eigenvalue weighted by atomic mass is 15.0. The van der Waals surface area contributed by atoms with Crippen molar-refractivity contribution >= 4 is 87.2 Å². The zero-order valence-electron chi connectivity index (χ0n) is 47.5. The Balaban J connectivity index is 0.000000886. The van der Waals surface area contributed by atoms with Gasteiger partial charge in [-0.3, -0.25) is 0 Å². The van der Waals surface area contributed by atoms with E-state index >= 15 is 0 Å². The highest BCUT2D eigenvalue weighted by Crippen LogP contribution is 2.42. The van der Waals surface area contributed by atoms with Gasteiger partial charge in [-0.15, -0.1) is 6.58 Å². The third-order valence-corrected chi connectivity index (χ3v) is 15.7. The van der Waals surface area contributed by atoms with Gasteiger partial charge in [-0.2, -0.15) is 0 Å². The average Bonchev–Trinajstić information content (AvgIpc) is 4.45. The summed E-state index contributed by atoms with van der Waals surface area (Å²) in [6, 6.07) is 99.6. The minimum absolute atomic E-state index is 0.877. The fraction of sp³-hybridized carbons (Fsp3) is 0.0641. The molecule has 400 valence electrons. The number of fused-ring (bicyclic) bond motifs is 12. The average molecular weight is 1070 g/mol. The van der Waals surface area contributed by atoms with E-state index in [0.29, 0.717) is 0 Å². The van der Waals surface area contributed by atoms with E-state index in [9.17, 15) is 0 Å². The first kappa shape index (κ1) is 51.9. The van der Waals surface area contributed by atoms with E-state index in [1.165, 1.54) is 43.1 Å². The van der Waals surface area contributed by atoms with Gasteiger partial charge >= 0.3 is 0 Å². The van der Waals surface area contributed by atoms with Crippen molar-refractivity contribution in [1.82, 2.24) is 23.3 Å². The topological polar surface area (TPSA) is 32.6 Å². The van der Waals surface area contributed by atoms with Crippen molar-refractivity contribution < 1.29 is 0 Å². The van der Waals surface area contributed by atoms with Crippen molar-refractivity contribution in [2.24, 2.45) is 0 Å². The summed E-state index contributed by atoms with van der Waals surface area (Å²) < 4.78 is 9.73. The lowest BCUT2D eigenvalue weighted by Gasteiger charge is -2.18. The predicted molar refractivity (Wildman–Crippen MR) is 356 cm³/mol. The van der Waals surface area contributed by atoms with E-state index in [4.69, 9.17) is 4.98 Å². The Kier molecular flexibility index (Phi) is 13.9. The number of rotatable bonds is 7. The molecule has 16 aromatic rings. The maximum Gasteiger partial charge on any atom is 0.0717 e. The molecule has 0 N–H and O–H groups in total. The number of para-hydroxylation sites is 8. The maximum absolute atomic E-state index is 5.85. The number of hydrogen-bond acceptors (Lipinski definition) is 1. The second-order valence-electron chi connectivity index (χ2n) is 20.4. The number of pyridine rings is 1. The van der Waals surface area contributed by atoms with Crippen LogP contribution in [0.25, 0.3) is 144 Å². The summed E-state index contributed by atoms with van der Waals surface area (Å²) >= 11 is 0. The van der Waals surface area contributed by atoms with Crippen LogP contribution in [0, 0.1) is 0 Å². The van der Waals surface area contributed by atoms with Crippen LogP contribution in [-0.4, -0.2) is 23.3 Å². The summed E-state index contributed by atoms with van der Waals surface area (Å²) in [5, 5.41) is 9.75. The van der Waals surface area contributed by atoms with Crippen LogP contribution >= 0.6 is 0 Å². The van der Waals surface area contributed by atoms with Gasteiger partial charge in [0.1, 0.15) is 0 Å². The van der Waals surface area contributed by atoms with Gasteiger partial charge in [-0.1, -0.05) is 210 Å². The molecule has 0 atom stereocenters. The first-order valence-corrected chi connectivity index (χ1v) is 29.0. The summed E-state index contributed by atoms with van der Waals surface area (Å²) in [7, 11) is 0. The van der Waals surface area contributed by atoms with Crippen molar-refractivity contribution in [3.05, 3.63) is 286 Å². The summed E-state index contributed by atoms with van der Waals surface area (Å²) in [6.07, 6.45) is 1.75. The maximum atomic E-state index is 5.85. The van der Waals surface area contributed by atoms with E-state index in [1.807, 2.05) is 34.6 Å². The predicted octanol–water partition coefficient (Wildman–Crippen LogP) is 21.7. The molecule has 0 aliphatic heterocycles. The molecule has 0 spiro atoms. The van der Waals surface area contributed by atoms with Gasteiger partial charge in [0.05, 0.1) is 55.5 Å². The number of benzene rings is 11. The Morgan fingerprint density at radius 1 is 0.253 bits per heavy atom. The molecule has 0 aliphatic rings. The molecule has 83 heavy (non-hydrogen) atoms. The van der Waals surface area contributed by atoms with Gasteiger partial charge < -0.3 is 18.3 Å². The van der Waals surface area contributed by atoms with Gasteiger partial charge in [0.25, 0.3) is 0 Å². The third kappa shape index (κ3) is 8.86. The first-order chi connectivity index (χ1) is 41.1. The highest BCUT2D eigenvalue weighted by molar-refractivity contribution is 6.13. The van der Waals surface area contributed by atoms with Crippen LogP contribution in [-0.2, 0) is 0 Å². The number of aromatic nitrogens is 5. The number of nitrogens with zero attached hydrogens (tertiary/aromatic N) is 5. The Morgan fingerprint density at radius 3 is 0.687 bits per heavy atom. The molecular weight excluding hydrogens is 1010 g/mol. The Bertz CT molecular complexity index is 4290. The Labute approximate surface area is 484 Å². The summed E-state index contributed by atoms with van der Waals surface area (Å²) in [4.78, 5) is 5.85. The van der Waals surface area contributed by atoms with Crippen LogP contribution in [0.1, 0.15) is 34.6 Å². The van der Waals surface area contributed by atoms with Crippen LogP contribution < -0.4 is 0 Å². The zero-order chi connectivity index (χ0) is 56.6. The molecule has 5 heteroatoms. The first-order valence-electron chi connectivity index (χ1n) is 29.0. The van der Waals surface area contributed by atoms with Crippen LogP contribution in [0.15, 0.2) is 286 Å². The zero-order valence-corrected chi connectivity index (χ0v) is 47.5. The molecule has 0 unspecified atom stereocenters. The van der Waals surface area contributed by atoms with Crippen molar-refractivity contribution in [3.63, 3.8) is 0 Å². The molecule has 0 radical (unpaired) electrons. The Morgan fingerprint density at radius 2 is 0.458 bits per heavy atom. The lowest BCUT2D eigenvalue weighted by Crippen LogP contribution is -2.02. The van der Waals surface area contributed by atoms with E-state index in [2.05, 4.69) is 298 Å². The summed E-state index contributed by atoms with van der Waals surface area (Å²) in [6.45, 7) is 13.2. The number of allylic oxidation sites excluding steroid dienone is 1. The van der Waals surface area contributed by atoms with E-state index in [-0.39, 0.29) is 0 Å². The minimum Gasteiger partial charge on any atom is -0.309 e. The van der Waals surface area contributed by atoms with E-state index in [1.54, 1.807) is 6.08 Å². The largest absolute Gasteiger partial charge is 0.309 e. The van der Waals surface area contributed by atoms with Crippen LogP contribution in [0.5, 0.6) is 0 Å². The van der Waals surface area contributed by atoms with Crippen LogP contribution in [0.4, 0.5) is 0 Å². The quantitative estimate of drug-likeness (QED) is 0.146. The monoisotopic (exact) mass is 1070 g/mol. The van der Waals surface area contributed by atoms with Crippen LogP contribution in [0.3, 0.4) is 0 Å². The van der Waals surface area contributed by atoms with E-state index in [0.717, 1.165) is 101 Å². The van der Waals surface area contributed by atoms with Gasteiger partial charge in [0.15, 0.2) is 0 Å². The second kappa shape index (κ2) is 22.2. The molecule has 11 aromatic carbocycles. The summed E-state index contributed by atoms with van der Waals surface area (Å²) in [5.74, 6) is 0.